The van der Waals surface area contributed by atoms with Crippen LogP contribution in [0.1, 0.15) is 23.9 Å². The third-order valence-electron chi connectivity index (χ3n) is 4.43. The Bertz CT molecular complexity index is 1080. The lowest BCUT2D eigenvalue weighted by Crippen LogP contribution is -2.15. The summed E-state index contributed by atoms with van der Waals surface area (Å²) < 4.78 is 7.82. The molecule has 6 nitrogen and oxygen atoms in total. The SMILES string of the molecule is CCn1c(COc2cc(C)c(Cl)c(C)c2)nnc1SCC(=O)Nc1ccc(Cl)cc1Cl. The maximum Gasteiger partial charge on any atom is 0.234 e. The Morgan fingerprint density at radius 3 is 2.48 bits per heavy atom. The average molecular weight is 500 g/mol. The van der Waals surface area contributed by atoms with Crippen molar-refractivity contribution in [1.82, 2.24) is 14.8 Å². The Morgan fingerprint density at radius 1 is 1.13 bits per heavy atom. The smallest absolute Gasteiger partial charge is 0.234 e. The number of anilines is 1. The molecule has 1 N–H and O–H groups in total. The second-order valence-electron chi connectivity index (χ2n) is 6.76. The Morgan fingerprint density at radius 2 is 1.84 bits per heavy atom. The number of hydrogen-bond donors (Lipinski definition) is 1. The first-order chi connectivity index (χ1) is 14.8. The van der Waals surface area contributed by atoms with Crippen molar-refractivity contribution in [1.29, 1.82) is 0 Å². The van der Waals surface area contributed by atoms with Gasteiger partial charge in [0.05, 0.1) is 16.5 Å². The Balaban J connectivity index is 1.61. The molecule has 0 fully saturated rings. The summed E-state index contributed by atoms with van der Waals surface area (Å²) >= 11 is 19.5. The van der Waals surface area contributed by atoms with Gasteiger partial charge >= 0.3 is 0 Å². The van der Waals surface area contributed by atoms with Crippen LogP contribution in [-0.2, 0) is 17.9 Å². The third-order valence-corrected chi connectivity index (χ3v) is 6.54. The van der Waals surface area contributed by atoms with Crippen LogP contribution in [-0.4, -0.2) is 26.4 Å². The molecule has 31 heavy (non-hydrogen) atoms. The van der Waals surface area contributed by atoms with Crippen molar-refractivity contribution in [2.45, 2.75) is 39.1 Å². The number of thioether (sulfide) groups is 1. The highest BCUT2D eigenvalue weighted by Crippen LogP contribution is 2.27. The van der Waals surface area contributed by atoms with Crippen molar-refractivity contribution in [3.8, 4) is 5.75 Å². The largest absolute Gasteiger partial charge is 0.486 e. The van der Waals surface area contributed by atoms with E-state index < -0.39 is 0 Å². The molecule has 164 valence electrons. The van der Waals surface area contributed by atoms with E-state index in [9.17, 15) is 4.79 Å². The highest BCUT2D eigenvalue weighted by atomic mass is 35.5. The number of carbonyl (C=O) groups excluding carboxylic acids is 1. The fourth-order valence-electron chi connectivity index (χ4n) is 2.89. The van der Waals surface area contributed by atoms with Gasteiger partial charge in [-0.3, -0.25) is 4.79 Å². The van der Waals surface area contributed by atoms with Crippen LogP contribution in [0, 0.1) is 13.8 Å². The Hall–Kier alpha value is -1.93. The molecule has 1 amide bonds. The van der Waals surface area contributed by atoms with Crippen LogP contribution in [0.3, 0.4) is 0 Å². The van der Waals surface area contributed by atoms with Crippen molar-refractivity contribution in [3.63, 3.8) is 0 Å². The topological polar surface area (TPSA) is 69.0 Å². The van der Waals surface area contributed by atoms with E-state index in [4.69, 9.17) is 39.5 Å². The summed E-state index contributed by atoms with van der Waals surface area (Å²) in [5, 5.41) is 13.5. The highest BCUT2D eigenvalue weighted by Gasteiger charge is 2.15. The minimum Gasteiger partial charge on any atom is -0.486 e. The molecule has 0 atom stereocenters. The predicted molar refractivity (Wildman–Crippen MR) is 127 cm³/mol. The lowest BCUT2D eigenvalue weighted by atomic mass is 10.1. The van der Waals surface area contributed by atoms with Crippen LogP contribution < -0.4 is 10.1 Å². The minimum absolute atomic E-state index is 0.160. The van der Waals surface area contributed by atoms with Crippen molar-refractivity contribution >= 4 is 58.2 Å². The van der Waals surface area contributed by atoms with Gasteiger partial charge in [0.25, 0.3) is 0 Å². The molecule has 0 bridgehead atoms. The van der Waals surface area contributed by atoms with Gasteiger partial charge in [-0.1, -0.05) is 46.6 Å². The van der Waals surface area contributed by atoms with Crippen LogP contribution in [0.2, 0.25) is 15.1 Å². The molecule has 2 aromatic carbocycles. The normalized spacial score (nSPS) is 10.9. The van der Waals surface area contributed by atoms with Gasteiger partial charge in [-0.25, -0.2) is 0 Å². The second-order valence-corrected chi connectivity index (χ2v) is 8.93. The lowest BCUT2D eigenvalue weighted by Gasteiger charge is -2.11. The molecule has 3 aromatic rings. The summed E-state index contributed by atoms with van der Waals surface area (Å²) in [7, 11) is 0. The van der Waals surface area contributed by atoms with Gasteiger partial charge in [-0.2, -0.15) is 0 Å². The van der Waals surface area contributed by atoms with Gasteiger partial charge < -0.3 is 14.6 Å². The first kappa shape index (κ1) is 23.7. The van der Waals surface area contributed by atoms with Crippen molar-refractivity contribution < 1.29 is 9.53 Å². The fraction of sp³-hybridized carbons (Fsp3) is 0.286. The summed E-state index contributed by atoms with van der Waals surface area (Å²) in [4.78, 5) is 12.3. The molecule has 0 spiro atoms. The van der Waals surface area contributed by atoms with Crippen LogP contribution >= 0.6 is 46.6 Å². The standard InChI is InChI=1S/C21H21Cl3N4O2S/c1-4-28-18(10-30-15-7-12(2)20(24)13(3)8-15)26-27-21(28)31-11-19(29)25-17-6-5-14(22)9-16(17)23/h5-9H,4,10-11H2,1-3H3,(H,25,29). The number of carbonyl (C=O) groups is 1. The minimum atomic E-state index is -0.204. The fourth-order valence-corrected chi connectivity index (χ4v) is 4.28. The molecule has 0 saturated heterocycles. The van der Waals surface area contributed by atoms with E-state index in [1.807, 2.05) is 37.5 Å². The molecule has 1 heterocycles. The quantitative estimate of drug-likeness (QED) is 0.375. The maximum absolute atomic E-state index is 12.3. The molecular formula is C21H21Cl3N4O2S. The number of nitrogens with one attached hydrogen (secondary N) is 1. The molecular weight excluding hydrogens is 479 g/mol. The first-order valence-electron chi connectivity index (χ1n) is 9.47. The number of aromatic nitrogens is 3. The zero-order chi connectivity index (χ0) is 22.5. The van der Waals surface area contributed by atoms with E-state index in [2.05, 4.69) is 15.5 Å². The number of nitrogens with zero attached hydrogens (tertiary/aromatic N) is 3. The predicted octanol–water partition coefficient (Wildman–Crippen LogP) is 6.18. The van der Waals surface area contributed by atoms with E-state index in [0.717, 1.165) is 21.9 Å². The third kappa shape index (κ3) is 6.07. The van der Waals surface area contributed by atoms with Crippen LogP contribution in [0.5, 0.6) is 5.75 Å². The number of rotatable bonds is 8. The number of amides is 1. The zero-order valence-corrected chi connectivity index (χ0v) is 20.3. The van der Waals surface area contributed by atoms with Crippen molar-refractivity contribution in [3.05, 3.63) is 62.4 Å². The second kappa shape index (κ2) is 10.6. The van der Waals surface area contributed by atoms with Crippen LogP contribution in [0.15, 0.2) is 35.5 Å². The maximum atomic E-state index is 12.3. The van der Waals surface area contributed by atoms with E-state index in [1.54, 1.807) is 18.2 Å². The molecule has 0 radical (unpaired) electrons. The monoisotopic (exact) mass is 498 g/mol. The molecule has 0 aliphatic heterocycles. The molecule has 0 saturated carbocycles. The van der Waals surface area contributed by atoms with E-state index in [-0.39, 0.29) is 18.3 Å². The van der Waals surface area contributed by atoms with Crippen LogP contribution in [0.25, 0.3) is 0 Å². The molecule has 0 aliphatic rings. The Labute approximate surface area is 200 Å². The van der Waals surface area contributed by atoms with Gasteiger partial charge in [0.1, 0.15) is 12.4 Å². The number of aryl methyl sites for hydroxylation is 2. The molecule has 1 aromatic heterocycles. The molecule has 0 aliphatic carbocycles. The highest BCUT2D eigenvalue weighted by molar-refractivity contribution is 7.99. The van der Waals surface area contributed by atoms with Gasteiger partial charge in [0.15, 0.2) is 11.0 Å². The van der Waals surface area contributed by atoms with Crippen molar-refractivity contribution in [2.24, 2.45) is 0 Å². The summed E-state index contributed by atoms with van der Waals surface area (Å²) in [5.41, 5.74) is 2.42. The van der Waals surface area contributed by atoms with E-state index in [1.165, 1.54) is 11.8 Å². The zero-order valence-electron chi connectivity index (χ0n) is 17.2. The van der Waals surface area contributed by atoms with Gasteiger partial charge in [0, 0.05) is 16.6 Å². The molecule has 0 unspecified atom stereocenters. The van der Waals surface area contributed by atoms with Crippen LogP contribution in [0.4, 0.5) is 5.69 Å². The summed E-state index contributed by atoms with van der Waals surface area (Å²) in [6.07, 6.45) is 0. The molecule has 3 rings (SSSR count). The number of hydrogen-bond acceptors (Lipinski definition) is 5. The number of ether oxygens (including phenoxy) is 1. The first-order valence-corrected chi connectivity index (χ1v) is 11.6. The summed E-state index contributed by atoms with van der Waals surface area (Å²) in [6.45, 7) is 6.77. The van der Waals surface area contributed by atoms with Gasteiger partial charge in [-0.05, 0) is 62.2 Å². The van der Waals surface area contributed by atoms with Gasteiger partial charge in [-0.15, -0.1) is 10.2 Å². The summed E-state index contributed by atoms with van der Waals surface area (Å²) in [5.74, 6) is 1.35. The van der Waals surface area contributed by atoms with Gasteiger partial charge in [0.2, 0.25) is 5.91 Å². The average Bonchev–Trinajstić information content (AvgIpc) is 3.12. The Kier molecular flexibility index (Phi) is 8.11. The molecule has 10 heteroatoms. The lowest BCUT2D eigenvalue weighted by molar-refractivity contribution is -0.113. The van der Waals surface area contributed by atoms with E-state index >= 15 is 0 Å². The van der Waals surface area contributed by atoms with E-state index in [0.29, 0.717) is 33.3 Å². The summed E-state index contributed by atoms with van der Waals surface area (Å²) in [6, 6.07) is 8.69. The number of benzene rings is 2. The number of halogens is 3. The van der Waals surface area contributed by atoms with Crippen molar-refractivity contribution in [2.75, 3.05) is 11.1 Å².